The van der Waals surface area contributed by atoms with E-state index in [9.17, 15) is 14.4 Å². The number of allylic oxidation sites excluding steroid dienone is 18. The fourth-order valence-corrected chi connectivity index (χ4v) is 6.06. The molecule has 0 saturated carbocycles. The molecule has 6 nitrogen and oxygen atoms in total. The topological polar surface area (TPSA) is 78.9 Å². The summed E-state index contributed by atoms with van der Waals surface area (Å²) < 4.78 is 16.7. The van der Waals surface area contributed by atoms with Crippen LogP contribution in [0, 0.1) is 0 Å². The van der Waals surface area contributed by atoms with Crippen LogP contribution in [0.25, 0.3) is 0 Å². The van der Waals surface area contributed by atoms with Crippen molar-refractivity contribution in [2.24, 2.45) is 0 Å². The number of unbranched alkanes of at least 4 members (excludes halogenated alkanes) is 16. The highest BCUT2D eigenvalue weighted by Crippen LogP contribution is 2.12. The zero-order chi connectivity index (χ0) is 43.7. The molecule has 0 aromatic rings. The van der Waals surface area contributed by atoms with Crippen molar-refractivity contribution in [3.63, 3.8) is 0 Å². The van der Waals surface area contributed by atoms with E-state index in [4.69, 9.17) is 14.2 Å². The summed E-state index contributed by atoms with van der Waals surface area (Å²) >= 11 is 0. The second-order valence-corrected chi connectivity index (χ2v) is 15.4. The lowest BCUT2D eigenvalue weighted by Gasteiger charge is -2.18. The van der Waals surface area contributed by atoms with Crippen molar-refractivity contribution in [1.82, 2.24) is 0 Å². The summed E-state index contributed by atoms with van der Waals surface area (Å²) in [6, 6.07) is 0. The number of ether oxygens (including phenoxy) is 3. The predicted octanol–water partition coefficient (Wildman–Crippen LogP) is 15.6. The molecule has 0 fully saturated rings. The van der Waals surface area contributed by atoms with Crippen LogP contribution in [0.1, 0.15) is 194 Å². The van der Waals surface area contributed by atoms with Gasteiger partial charge in [0, 0.05) is 19.3 Å². The van der Waals surface area contributed by atoms with E-state index in [0.29, 0.717) is 12.8 Å². The molecule has 0 radical (unpaired) electrons. The van der Waals surface area contributed by atoms with Gasteiger partial charge in [0.2, 0.25) is 0 Å². The predicted molar refractivity (Wildman–Crippen MR) is 256 cm³/mol. The van der Waals surface area contributed by atoms with Crippen LogP contribution in [-0.4, -0.2) is 37.2 Å². The van der Waals surface area contributed by atoms with Gasteiger partial charge in [-0.15, -0.1) is 0 Å². The molecular formula is C54H86O6. The molecule has 0 saturated heterocycles. The van der Waals surface area contributed by atoms with Crippen molar-refractivity contribution < 1.29 is 28.6 Å². The number of carbonyl (C=O) groups excluding carboxylic acids is 3. The summed E-state index contributed by atoms with van der Waals surface area (Å²) in [5.74, 6) is -1.00. The van der Waals surface area contributed by atoms with Gasteiger partial charge in [-0.2, -0.15) is 0 Å². The van der Waals surface area contributed by atoms with Gasteiger partial charge in [-0.3, -0.25) is 14.4 Å². The third-order valence-electron chi connectivity index (χ3n) is 9.62. The van der Waals surface area contributed by atoms with E-state index < -0.39 is 6.10 Å². The second-order valence-electron chi connectivity index (χ2n) is 15.4. The summed E-state index contributed by atoms with van der Waals surface area (Å²) in [7, 11) is 0. The third kappa shape index (κ3) is 45.2. The van der Waals surface area contributed by atoms with Crippen molar-refractivity contribution in [3.05, 3.63) is 109 Å². The maximum Gasteiger partial charge on any atom is 0.306 e. The number of hydrogen-bond donors (Lipinski definition) is 0. The Balaban J connectivity index is 4.55. The minimum absolute atomic E-state index is 0.112. The summed E-state index contributed by atoms with van der Waals surface area (Å²) in [5.41, 5.74) is 0. The standard InChI is InChI=1S/C54H86O6/c1-4-7-10-13-16-19-22-25-27-30-32-35-38-41-44-47-53(56)59-50-51(49-58-52(55)46-43-40-37-34-31-28-24-21-18-15-12-9-6-3)60-54(57)48-45-42-39-36-33-29-26-23-20-17-14-11-8-5-2/h7-8,10-11,13,16-17,19-20,22,25-32,51H,4-6,9,12,14-15,18,21,23-24,33-50H2,1-3H3/b10-7-,11-8-,16-13-,20-17-,22-19-,27-25-,29-26-,31-28-,32-30-. The van der Waals surface area contributed by atoms with E-state index in [2.05, 4.69) is 81.5 Å². The fraction of sp³-hybridized carbons (Fsp3) is 0.611. The molecule has 0 bridgehead atoms. The summed E-state index contributed by atoms with van der Waals surface area (Å²) in [6.07, 6.45) is 63.5. The lowest BCUT2D eigenvalue weighted by atomic mass is 10.1. The smallest absolute Gasteiger partial charge is 0.306 e. The Labute approximate surface area is 368 Å². The number of rotatable bonds is 41. The minimum Gasteiger partial charge on any atom is -0.462 e. The van der Waals surface area contributed by atoms with E-state index >= 15 is 0 Å². The Bertz CT molecular complexity index is 1280. The van der Waals surface area contributed by atoms with Crippen LogP contribution in [0.15, 0.2) is 109 Å². The van der Waals surface area contributed by atoms with Crippen molar-refractivity contribution in [1.29, 1.82) is 0 Å². The van der Waals surface area contributed by atoms with Crippen LogP contribution in [0.2, 0.25) is 0 Å². The van der Waals surface area contributed by atoms with Crippen LogP contribution in [0.3, 0.4) is 0 Å². The normalized spacial score (nSPS) is 13.1. The van der Waals surface area contributed by atoms with Crippen LogP contribution in [0.4, 0.5) is 0 Å². The third-order valence-corrected chi connectivity index (χ3v) is 9.62. The second kappa shape index (κ2) is 47.7. The number of hydrogen-bond acceptors (Lipinski definition) is 6. The monoisotopic (exact) mass is 831 g/mol. The Kier molecular flexibility index (Phi) is 44.6. The van der Waals surface area contributed by atoms with Gasteiger partial charge in [0.25, 0.3) is 0 Å². The first-order valence-electron chi connectivity index (χ1n) is 24.0. The van der Waals surface area contributed by atoms with Crippen LogP contribution in [0.5, 0.6) is 0 Å². The molecule has 0 N–H and O–H groups in total. The summed E-state index contributed by atoms with van der Waals surface area (Å²) in [5, 5.41) is 0. The van der Waals surface area contributed by atoms with Gasteiger partial charge in [-0.1, -0.05) is 188 Å². The summed E-state index contributed by atoms with van der Waals surface area (Å²) in [4.78, 5) is 37.9. The highest BCUT2D eigenvalue weighted by Gasteiger charge is 2.19. The molecule has 0 aliphatic carbocycles. The van der Waals surface area contributed by atoms with E-state index in [-0.39, 0.29) is 37.5 Å². The molecule has 60 heavy (non-hydrogen) atoms. The van der Waals surface area contributed by atoms with Gasteiger partial charge in [0.15, 0.2) is 6.10 Å². The molecule has 0 aromatic heterocycles. The maximum atomic E-state index is 12.8. The Morgan fingerprint density at radius 3 is 1.25 bits per heavy atom. The minimum atomic E-state index is -0.814. The molecule has 338 valence electrons. The SMILES string of the molecule is CC\C=C/C=C\C=C/C=C\C=C/CCCCCC(=O)OCC(COC(=O)CCCCC/C=C\CCCCCCCC)OC(=O)CCCCCC/C=C\C/C=C\C/C=C\CC. The number of esters is 3. The van der Waals surface area contributed by atoms with Gasteiger partial charge in [-0.05, 0) is 96.3 Å². The molecule has 0 aliphatic heterocycles. The van der Waals surface area contributed by atoms with Crippen molar-refractivity contribution in [2.75, 3.05) is 13.2 Å². The van der Waals surface area contributed by atoms with Crippen molar-refractivity contribution >= 4 is 17.9 Å². The first-order chi connectivity index (χ1) is 29.5. The van der Waals surface area contributed by atoms with Crippen LogP contribution >= 0.6 is 0 Å². The largest absolute Gasteiger partial charge is 0.462 e. The average Bonchev–Trinajstić information content (AvgIpc) is 3.24. The highest BCUT2D eigenvalue weighted by molar-refractivity contribution is 5.71. The lowest BCUT2D eigenvalue weighted by molar-refractivity contribution is -0.167. The molecule has 1 atom stereocenters. The molecule has 0 amide bonds. The van der Waals surface area contributed by atoms with Gasteiger partial charge in [0.05, 0.1) is 0 Å². The lowest BCUT2D eigenvalue weighted by Crippen LogP contribution is -2.30. The molecule has 0 rings (SSSR count). The Hall–Kier alpha value is -3.93. The molecule has 0 aromatic carbocycles. The van der Waals surface area contributed by atoms with E-state index in [1.54, 1.807) is 0 Å². The zero-order valence-corrected chi connectivity index (χ0v) is 38.4. The van der Waals surface area contributed by atoms with Crippen LogP contribution < -0.4 is 0 Å². The first-order valence-corrected chi connectivity index (χ1v) is 24.0. The zero-order valence-electron chi connectivity index (χ0n) is 38.4. The van der Waals surface area contributed by atoms with Crippen molar-refractivity contribution in [2.45, 2.75) is 200 Å². The summed E-state index contributed by atoms with van der Waals surface area (Å²) in [6.45, 7) is 6.28. The maximum absolute atomic E-state index is 12.8. The fourth-order valence-electron chi connectivity index (χ4n) is 6.06. The van der Waals surface area contributed by atoms with E-state index in [1.807, 2.05) is 48.6 Å². The molecule has 1 unspecified atom stereocenters. The average molecular weight is 831 g/mol. The van der Waals surface area contributed by atoms with Gasteiger partial charge < -0.3 is 14.2 Å². The van der Waals surface area contributed by atoms with Crippen LogP contribution in [-0.2, 0) is 28.6 Å². The first kappa shape index (κ1) is 56.1. The van der Waals surface area contributed by atoms with Gasteiger partial charge >= 0.3 is 17.9 Å². The highest BCUT2D eigenvalue weighted by atomic mass is 16.6. The molecule has 0 heterocycles. The Morgan fingerprint density at radius 1 is 0.367 bits per heavy atom. The molecule has 0 spiro atoms. The van der Waals surface area contributed by atoms with Crippen molar-refractivity contribution in [3.8, 4) is 0 Å². The van der Waals surface area contributed by atoms with Gasteiger partial charge in [0.1, 0.15) is 13.2 Å². The molecule has 6 heteroatoms. The quantitative estimate of drug-likeness (QED) is 0.0201. The van der Waals surface area contributed by atoms with E-state index in [0.717, 1.165) is 116 Å². The molecule has 0 aliphatic rings. The van der Waals surface area contributed by atoms with Gasteiger partial charge in [-0.25, -0.2) is 0 Å². The molecular weight excluding hydrogens is 745 g/mol. The number of carbonyl (C=O) groups is 3. The Morgan fingerprint density at radius 2 is 0.733 bits per heavy atom. The van der Waals surface area contributed by atoms with E-state index in [1.165, 1.54) is 38.5 Å².